The van der Waals surface area contributed by atoms with Crippen molar-refractivity contribution in [1.82, 2.24) is 15.2 Å². The number of pyridine rings is 1. The van der Waals surface area contributed by atoms with Crippen LogP contribution in [0.5, 0.6) is 0 Å². The molecule has 5 rings (SSSR count). The molecule has 42 heavy (non-hydrogen) atoms. The number of rotatable bonds is 5. The SMILES string of the molecule is O=C(NCc1ccnc(Cl)c1)N1CC2(CCN(C/C=C/c3ccc(C(F)(F)F)cc3)CC2)c2ccc(C(F)(F)F)cc21. The van der Waals surface area contributed by atoms with Crippen LogP contribution >= 0.6 is 11.6 Å². The normalized spacial score (nSPS) is 17.2. The summed E-state index contributed by atoms with van der Waals surface area (Å²) in [5.41, 5.74) is 0.317. The fourth-order valence-electron chi connectivity index (χ4n) is 5.57. The van der Waals surface area contributed by atoms with Gasteiger partial charge in [-0.05, 0) is 79.0 Å². The van der Waals surface area contributed by atoms with Gasteiger partial charge in [0.15, 0.2) is 0 Å². The number of aromatic nitrogens is 1. The number of benzene rings is 2. The lowest BCUT2D eigenvalue weighted by molar-refractivity contribution is -0.138. The Morgan fingerprint density at radius 1 is 0.952 bits per heavy atom. The summed E-state index contributed by atoms with van der Waals surface area (Å²) in [6.45, 7) is 2.24. The number of piperidine rings is 1. The maximum atomic E-state index is 13.6. The van der Waals surface area contributed by atoms with Crippen molar-refractivity contribution < 1.29 is 31.1 Å². The molecule has 1 aromatic heterocycles. The van der Waals surface area contributed by atoms with E-state index in [4.69, 9.17) is 11.6 Å². The van der Waals surface area contributed by atoms with Crippen molar-refractivity contribution in [3.8, 4) is 0 Å². The van der Waals surface area contributed by atoms with E-state index in [2.05, 4.69) is 15.2 Å². The van der Waals surface area contributed by atoms with Gasteiger partial charge in [-0.3, -0.25) is 9.80 Å². The highest BCUT2D eigenvalue weighted by Gasteiger charge is 2.47. The minimum Gasteiger partial charge on any atom is -0.334 e. The first kappa shape index (κ1) is 29.9. The molecule has 0 unspecified atom stereocenters. The Morgan fingerprint density at radius 3 is 2.26 bits per heavy atom. The maximum absolute atomic E-state index is 13.6. The van der Waals surface area contributed by atoms with E-state index in [-0.39, 0.29) is 23.9 Å². The predicted octanol–water partition coefficient (Wildman–Crippen LogP) is 7.55. The van der Waals surface area contributed by atoms with Crippen LogP contribution < -0.4 is 10.2 Å². The van der Waals surface area contributed by atoms with Gasteiger partial charge >= 0.3 is 18.4 Å². The molecule has 1 N–H and O–H groups in total. The number of alkyl halides is 6. The third-order valence-electron chi connectivity index (χ3n) is 7.85. The number of carbonyl (C=O) groups excluding carboxylic acids is 1. The highest BCUT2D eigenvalue weighted by atomic mass is 35.5. The molecule has 0 radical (unpaired) electrons. The molecule has 2 aliphatic rings. The van der Waals surface area contributed by atoms with Gasteiger partial charge in [0, 0.05) is 36.9 Å². The fraction of sp³-hybridized carbons (Fsp3) is 0.333. The van der Waals surface area contributed by atoms with Crippen molar-refractivity contribution in [2.24, 2.45) is 0 Å². The van der Waals surface area contributed by atoms with E-state index in [1.807, 2.05) is 6.08 Å². The summed E-state index contributed by atoms with van der Waals surface area (Å²) in [6, 6.07) is 11.3. The van der Waals surface area contributed by atoms with Crippen LogP contribution in [0, 0.1) is 0 Å². The molecule has 0 atom stereocenters. The van der Waals surface area contributed by atoms with E-state index in [0.29, 0.717) is 43.6 Å². The molecule has 0 aliphatic carbocycles. The van der Waals surface area contributed by atoms with Crippen LogP contribution in [0.25, 0.3) is 6.08 Å². The summed E-state index contributed by atoms with van der Waals surface area (Å²) >= 11 is 5.92. The molecule has 2 aromatic carbocycles. The summed E-state index contributed by atoms with van der Waals surface area (Å²) in [6.07, 6.45) is -2.54. The largest absolute Gasteiger partial charge is 0.416 e. The Kier molecular flexibility index (Phi) is 8.26. The summed E-state index contributed by atoms with van der Waals surface area (Å²) in [5, 5.41) is 3.06. The average molecular weight is 609 g/mol. The quantitative estimate of drug-likeness (QED) is 0.240. The molecular formula is C30H27ClF6N4O. The van der Waals surface area contributed by atoms with Crippen molar-refractivity contribution in [1.29, 1.82) is 0 Å². The molecule has 2 aliphatic heterocycles. The molecule has 222 valence electrons. The second-order valence-electron chi connectivity index (χ2n) is 10.6. The number of amides is 2. The molecule has 3 aromatic rings. The van der Waals surface area contributed by atoms with Crippen molar-refractivity contribution in [3.05, 3.63) is 99.8 Å². The van der Waals surface area contributed by atoms with Gasteiger partial charge in [-0.15, -0.1) is 0 Å². The second kappa shape index (κ2) is 11.6. The monoisotopic (exact) mass is 608 g/mol. The van der Waals surface area contributed by atoms with Gasteiger partial charge in [-0.2, -0.15) is 26.3 Å². The number of hydrogen-bond acceptors (Lipinski definition) is 3. The van der Waals surface area contributed by atoms with E-state index < -0.39 is 34.9 Å². The Bertz CT molecular complexity index is 1460. The van der Waals surface area contributed by atoms with Gasteiger partial charge in [0.25, 0.3) is 0 Å². The zero-order valence-corrected chi connectivity index (χ0v) is 23.0. The number of hydrogen-bond donors (Lipinski definition) is 1. The van der Waals surface area contributed by atoms with Gasteiger partial charge in [-0.1, -0.05) is 42.0 Å². The third kappa shape index (κ3) is 6.57. The Morgan fingerprint density at radius 2 is 1.62 bits per heavy atom. The number of likely N-dealkylation sites (tertiary alicyclic amines) is 1. The molecule has 0 saturated carbocycles. The number of nitrogens with zero attached hydrogens (tertiary/aromatic N) is 3. The minimum atomic E-state index is -4.55. The molecule has 12 heteroatoms. The zero-order valence-electron chi connectivity index (χ0n) is 22.3. The minimum absolute atomic E-state index is 0.137. The summed E-state index contributed by atoms with van der Waals surface area (Å²) in [7, 11) is 0. The Hall–Kier alpha value is -3.57. The standard InChI is InChI=1S/C30H27ClF6N4O/c31-26-16-21(9-12-38-26)18-39-27(42)41-19-28(24-8-7-23(17-25(24)41)30(35,36)37)10-14-40(15-11-28)13-1-2-20-3-5-22(6-4-20)29(32,33)34/h1-9,12,16-17H,10-11,13-15,18-19H2,(H,39,42)/b2-1+. The van der Waals surface area contributed by atoms with Crippen molar-refractivity contribution in [3.63, 3.8) is 0 Å². The average Bonchev–Trinajstić information content (AvgIpc) is 3.25. The molecule has 3 heterocycles. The highest BCUT2D eigenvalue weighted by molar-refractivity contribution is 6.29. The summed E-state index contributed by atoms with van der Waals surface area (Å²) in [5.74, 6) is 0. The Labute approximate surface area is 243 Å². The van der Waals surface area contributed by atoms with Crippen LogP contribution in [0.15, 0.2) is 66.9 Å². The Balaban J connectivity index is 1.27. The smallest absolute Gasteiger partial charge is 0.334 e. The lowest BCUT2D eigenvalue weighted by Crippen LogP contribution is -2.47. The van der Waals surface area contributed by atoms with Gasteiger partial charge < -0.3 is 5.32 Å². The first-order chi connectivity index (χ1) is 19.8. The third-order valence-corrected chi connectivity index (χ3v) is 8.06. The van der Waals surface area contributed by atoms with Crippen LogP contribution in [-0.2, 0) is 24.3 Å². The van der Waals surface area contributed by atoms with Crippen LogP contribution in [0.1, 0.15) is 40.7 Å². The lowest BCUT2D eigenvalue weighted by atomic mass is 9.74. The van der Waals surface area contributed by atoms with Crippen LogP contribution in [-0.4, -0.2) is 42.1 Å². The summed E-state index contributed by atoms with van der Waals surface area (Å²) < 4.78 is 79.1. The van der Waals surface area contributed by atoms with E-state index in [9.17, 15) is 31.1 Å². The van der Waals surface area contributed by atoms with E-state index in [1.54, 1.807) is 18.2 Å². The van der Waals surface area contributed by atoms with E-state index in [0.717, 1.165) is 29.8 Å². The number of nitrogens with one attached hydrogen (secondary N) is 1. The van der Waals surface area contributed by atoms with Crippen LogP contribution in [0.4, 0.5) is 36.8 Å². The zero-order chi connectivity index (χ0) is 30.1. The highest BCUT2D eigenvalue weighted by Crippen LogP contribution is 2.48. The number of fused-ring (bicyclic) bond motifs is 2. The fourth-order valence-corrected chi connectivity index (χ4v) is 5.77. The number of carbonyl (C=O) groups is 1. The molecule has 5 nitrogen and oxygen atoms in total. The van der Waals surface area contributed by atoms with Crippen molar-refractivity contribution >= 4 is 29.4 Å². The topological polar surface area (TPSA) is 48.5 Å². The van der Waals surface area contributed by atoms with Crippen LogP contribution in [0.3, 0.4) is 0 Å². The lowest BCUT2D eigenvalue weighted by Gasteiger charge is -2.39. The molecular weight excluding hydrogens is 582 g/mol. The van der Waals surface area contributed by atoms with Crippen molar-refractivity contribution in [2.75, 3.05) is 31.1 Å². The van der Waals surface area contributed by atoms with Gasteiger partial charge in [0.1, 0.15) is 5.15 Å². The number of anilines is 1. The van der Waals surface area contributed by atoms with Gasteiger partial charge in [0.2, 0.25) is 0 Å². The second-order valence-corrected chi connectivity index (χ2v) is 11.0. The summed E-state index contributed by atoms with van der Waals surface area (Å²) in [4.78, 5) is 20.7. The van der Waals surface area contributed by atoms with E-state index >= 15 is 0 Å². The molecule has 1 spiro atoms. The molecule has 2 amide bonds. The van der Waals surface area contributed by atoms with E-state index in [1.165, 1.54) is 29.3 Å². The first-order valence-electron chi connectivity index (χ1n) is 13.3. The number of halogens is 7. The molecule has 0 bridgehead atoms. The van der Waals surface area contributed by atoms with Crippen LogP contribution in [0.2, 0.25) is 5.15 Å². The van der Waals surface area contributed by atoms with Gasteiger partial charge in [0.05, 0.1) is 11.1 Å². The number of urea groups is 1. The molecule has 1 saturated heterocycles. The van der Waals surface area contributed by atoms with Crippen molar-refractivity contribution in [2.45, 2.75) is 37.2 Å². The first-order valence-corrected chi connectivity index (χ1v) is 13.7. The maximum Gasteiger partial charge on any atom is 0.416 e. The predicted molar refractivity (Wildman–Crippen MR) is 148 cm³/mol. The van der Waals surface area contributed by atoms with Gasteiger partial charge in [-0.25, -0.2) is 9.78 Å². The molecule has 1 fully saturated rings.